The topological polar surface area (TPSA) is 0 Å². The summed E-state index contributed by atoms with van der Waals surface area (Å²) in [5.74, 6) is 0. The third-order valence-corrected chi connectivity index (χ3v) is 43.0. The number of hydrogen-bond donors (Lipinski definition) is 0. The molecule has 56 heavy (non-hydrogen) atoms. The molecular weight excluding hydrogens is 673 g/mol. The summed E-state index contributed by atoms with van der Waals surface area (Å²) in [4.78, 5) is 0. The number of rotatable bonds is 0. The van der Waals surface area contributed by atoms with Crippen molar-refractivity contribution >= 4 is 0 Å². The average Bonchev–Trinajstić information content (AvgIpc) is 3.10. The van der Waals surface area contributed by atoms with Crippen molar-refractivity contribution in [3.63, 3.8) is 0 Å². The Morgan fingerprint density at radius 3 is 0.339 bits per heavy atom. The van der Waals surface area contributed by atoms with Crippen LogP contribution >= 0.6 is 0 Å². The highest BCUT2D eigenvalue weighted by molar-refractivity contribution is 6.07. The van der Waals surface area contributed by atoms with Gasteiger partial charge in [-0.25, -0.2) is 0 Å². The Hall–Kier alpha value is 0. The van der Waals surface area contributed by atoms with Crippen molar-refractivity contribution in [1.29, 1.82) is 0 Å². The summed E-state index contributed by atoms with van der Waals surface area (Å²) in [6.07, 6.45) is 0. The monoisotopic (exact) mass is 745 g/mol. The van der Waals surface area contributed by atoms with Gasteiger partial charge in [-0.15, -0.1) is 0 Å². The minimum absolute atomic E-state index is 0.363. The molecule has 21 aliphatic carbocycles. The van der Waals surface area contributed by atoms with Crippen LogP contribution in [0.2, 0.25) is 0 Å². The van der Waals surface area contributed by atoms with E-state index >= 15 is 0 Å². The van der Waals surface area contributed by atoms with Crippen LogP contribution in [0.3, 0.4) is 0 Å². The lowest BCUT2D eigenvalue weighted by atomic mass is 8.41. The summed E-state index contributed by atoms with van der Waals surface area (Å²) in [5, 5.41) is 0. The average molecular weight is 745 g/mol. The summed E-state index contributed by atoms with van der Waals surface area (Å²) in [5.41, 5.74) is 15.7. The van der Waals surface area contributed by atoms with Gasteiger partial charge in [-0.05, 0) is 173 Å². The second-order valence-corrected chi connectivity index (χ2v) is 33.5. The molecule has 0 saturated heterocycles. The molecule has 21 fully saturated rings. The van der Waals surface area contributed by atoms with Crippen LogP contribution in [0.25, 0.3) is 0 Å². The summed E-state index contributed by atoms with van der Waals surface area (Å²) in [6.45, 7) is 72.3. The molecule has 0 radical (unpaired) electrons. The van der Waals surface area contributed by atoms with E-state index in [1.165, 1.54) is 0 Å². The highest BCUT2D eigenvalue weighted by Crippen LogP contribution is 3.64. The van der Waals surface area contributed by atoms with Gasteiger partial charge in [-0.3, -0.25) is 0 Å². The van der Waals surface area contributed by atoms with Crippen molar-refractivity contribution in [2.45, 2.75) is 166 Å². The molecule has 0 N–H and O–H groups in total. The van der Waals surface area contributed by atoms with Crippen molar-refractivity contribution in [1.82, 2.24) is 0 Å². The van der Waals surface area contributed by atoms with E-state index in [4.69, 9.17) is 0 Å². The second-order valence-electron chi connectivity index (χ2n) is 33.5. The van der Waals surface area contributed by atoms with Gasteiger partial charge in [-0.1, -0.05) is 166 Å². The van der Waals surface area contributed by atoms with E-state index in [0.29, 0.717) is 173 Å². The Bertz CT molecular complexity index is 2500. The Kier molecular flexibility index (Phi) is 2.28. The first-order chi connectivity index (χ1) is 25.0. The van der Waals surface area contributed by atoms with E-state index in [0.717, 1.165) is 0 Å². The van der Waals surface area contributed by atoms with Crippen LogP contribution in [0.15, 0.2) is 0 Å². The lowest BCUT2D eigenvalue weighted by molar-refractivity contribution is -1.16. The molecule has 296 valence electrons. The van der Waals surface area contributed by atoms with Crippen molar-refractivity contribution in [3.8, 4) is 0 Å². The van der Waals surface area contributed by atoms with Gasteiger partial charge in [0.05, 0.1) is 0 Å². The van der Waals surface area contributed by atoms with Crippen molar-refractivity contribution in [2.24, 2.45) is 173 Å². The van der Waals surface area contributed by atoms with E-state index in [-0.39, 0.29) is 0 Å². The molecule has 0 nitrogen and oxygen atoms in total. The molecule has 0 heteroatoms. The summed E-state index contributed by atoms with van der Waals surface area (Å²) < 4.78 is 0. The molecule has 0 aromatic rings. The normalized spacial score (nSPS) is 104. The van der Waals surface area contributed by atoms with Crippen LogP contribution in [0, 0.1) is 173 Å². The quantitative estimate of drug-likeness (QED) is 0.232. The molecule has 0 aromatic heterocycles. The fraction of sp³-hybridized carbons (Fsp3) is 1.00. The third kappa shape index (κ3) is 0.693. The summed E-state index contributed by atoms with van der Waals surface area (Å²) in [7, 11) is 0. The smallest absolute Gasteiger partial charge is 0.00103 e. The van der Waals surface area contributed by atoms with E-state index in [9.17, 15) is 0 Å². The lowest BCUT2D eigenvalue weighted by Crippen LogP contribution is -3.59. The van der Waals surface area contributed by atoms with E-state index in [2.05, 4.69) is 166 Å². The third-order valence-electron chi connectivity index (χ3n) is 43.0. The van der Waals surface area contributed by atoms with Gasteiger partial charge in [0.2, 0.25) is 0 Å². The fourth-order valence-electron chi connectivity index (χ4n) is 47.3. The molecular formula is C56H72. The molecule has 12 spiro atoms. The lowest BCUT2D eigenvalue weighted by Gasteiger charge is -3.60. The van der Waals surface area contributed by atoms with Crippen LogP contribution in [-0.2, 0) is 0 Å². The SMILES string of the molecule is CC1(C)C2(C)C3(C)C(C)(C)C4(C)C5(C)C6(C)C7(C)C8(C)C9(C)C(C)(C)C%10(C)C%11(C)C(C)(C)C%12(C)C%13(C)C%14(C)C%15(C)C%16(C)C1(C)C21C34C52C%161C%151C%143C%134C%11%12C%109C84C73C621. The van der Waals surface area contributed by atoms with Crippen molar-refractivity contribution in [3.05, 3.63) is 0 Å². The maximum atomic E-state index is 3.15. The van der Waals surface area contributed by atoms with Crippen LogP contribution in [0.5, 0.6) is 0 Å². The maximum absolute atomic E-state index is 3.15. The molecule has 0 aromatic carbocycles. The molecule has 0 aliphatic heterocycles. The molecule has 0 bridgehead atoms. The molecule has 21 aliphatic rings. The highest BCUT2D eigenvalue weighted by atomic mass is 15.6. The van der Waals surface area contributed by atoms with Gasteiger partial charge in [0.25, 0.3) is 0 Å². The molecule has 21 rings (SSSR count). The standard InChI is InChI=1S/C56H72/c1-25(2)29(9)30(10)26(3,4)34(14)38(18)43(23)44(24)40(20)36(16)28(7,8)32(12)31(11)27(5,6)35(15)39(19)42(22)41(21)37(17)33(25,13)45(29)46(30,34)50(38)49(37,45)53(41)54(42)51(39)47(31,35)48(32,36)52(40,51)56(44,54)55(43,50)53/h1-24H3. The first kappa shape index (κ1) is 29.3. The minimum atomic E-state index is 0.363. The van der Waals surface area contributed by atoms with Crippen molar-refractivity contribution < 1.29 is 0 Å². The summed E-state index contributed by atoms with van der Waals surface area (Å²) >= 11 is 0. The highest BCUT2D eigenvalue weighted by Gasteiger charge is 3.62. The number of hydrogen-bond acceptors (Lipinski definition) is 0. The summed E-state index contributed by atoms with van der Waals surface area (Å²) in [6, 6.07) is 0. The van der Waals surface area contributed by atoms with Gasteiger partial charge in [0.1, 0.15) is 0 Å². The Balaban J connectivity index is 1.01. The van der Waals surface area contributed by atoms with Gasteiger partial charge >= 0.3 is 0 Å². The molecule has 24 unspecified atom stereocenters. The van der Waals surface area contributed by atoms with E-state index < -0.39 is 0 Å². The largest absolute Gasteiger partial charge is 0.0588 e. The van der Waals surface area contributed by atoms with Crippen LogP contribution in [0.4, 0.5) is 0 Å². The van der Waals surface area contributed by atoms with Crippen molar-refractivity contribution in [2.75, 3.05) is 0 Å². The van der Waals surface area contributed by atoms with E-state index in [1.807, 2.05) is 0 Å². The predicted octanol–water partition coefficient (Wildman–Crippen LogP) is 12.3. The Morgan fingerprint density at radius 2 is 0.196 bits per heavy atom. The predicted molar refractivity (Wildman–Crippen MR) is 214 cm³/mol. The number of fused-ring (bicyclic) bond motifs is 12. The Labute approximate surface area is 338 Å². The van der Waals surface area contributed by atoms with Crippen LogP contribution in [0.1, 0.15) is 166 Å². The zero-order valence-corrected chi connectivity index (χ0v) is 40.0. The van der Waals surface area contributed by atoms with Gasteiger partial charge in [-0.2, -0.15) is 0 Å². The second kappa shape index (κ2) is 4.35. The Morgan fingerprint density at radius 1 is 0.107 bits per heavy atom. The minimum Gasteiger partial charge on any atom is -0.0588 e. The fourth-order valence-corrected chi connectivity index (χ4v) is 47.3. The van der Waals surface area contributed by atoms with Crippen LogP contribution in [-0.4, -0.2) is 0 Å². The van der Waals surface area contributed by atoms with Crippen LogP contribution < -0.4 is 0 Å². The molecule has 0 amide bonds. The molecule has 0 heterocycles. The van der Waals surface area contributed by atoms with Gasteiger partial charge in [0, 0.05) is 0 Å². The molecule has 21 saturated carbocycles. The first-order valence-electron chi connectivity index (χ1n) is 25.0. The van der Waals surface area contributed by atoms with Gasteiger partial charge in [0.15, 0.2) is 0 Å². The maximum Gasteiger partial charge on any atom is -0.00103 e. The zero-order valence-electron chi connectivity index (χ0n) is 40.0. The molecule has 24 atom stereocenters. The first-order valence-corrected chi connectivity index (χ1v) is 25.0. The van der Waals surface area contributed by atoms with Gasteiger partial charge < -0.3 is 0 Å². The van der Waals surface area contributed by atoms with E-state index in [1.54, 1.807) is 0 Å². The zero-order chi connectivity index (χ0) is 40.0.